The van der Waals surface area contributed by atoms with Crippen molar-refractivity contribution in [2.45, 2.75) is 64.8 Å². The monoisotopic (exact) mass is 295 g/mol. The van der Waals surface area contributed by atoms with Crippen molar-refractivity contribution in [3.63, 3.8) is 0 Å². The highest BCUT2D eigenvalue weighted by Crippen LogP contribution is 2.32. The molecule has 0 amide bonds. The summed E-state index contributed by atoms with van der Waals surface area (Å²) in [5.41, 5.74) is -0.955. The highest BCUT2D eigenvalue weighted by molar-refractivity contribution is 5.87. The van der Waals surface area contributed by atoms with Crippen LogP contribution in [-0.4, -0.2) is 27.2 Å². The molecule has 0 radical (unpaired) electrons. The first-order valence-corrected chi connectivity index (χ1v) is 7.99. The standard InChI is InChI=1S/C16H26FN3O/c1-16(2,10-17)15(21)14(20-12-18-11-19-20)9-8-13-6-4-3-5-7-13/h11-14H,3-10H2,1-2H3. The largest absolute Gasteiger partial charge is 0.297 e. The lowest BCUT2D eigenvalue weighted by Gasteiger charge is -2.28. The summed E-state index contributed by atoms with van der Waals surface area (Å²) in [5.74, 6) is 0.623. The third kappa shape index (κ3) is 4.11. The van der Waals surface area contributed by atoms with Gasteiger partial charge in [-0.05, 0) is 18.8 Å². The first-order chi connectivity index (χ1) is 10.0. The van der Waals surface area contributed by atoms with Crippen LogP contribution in [0.3, 0.4) is 0 Å². The average molecular weight is 295 g/mol. The number of rotatable bonds is 7. The number of hydrogen-bond donors (Lipinski definition) is 0. The molecule has 0 bridgehead atoms. The predicted octanol–water partition coefficient (Wildman–Crippen LogP) is 3.74. The van der Waals surface area contributed by atoms with Crippen molar-refractivity contribution in [2.24, 2.45) is 11.3 Å². The van der Waals surface area contributed by atoms with E-state index in [9.17, 15) is 9.18 Å². The molecule has 0 spiro atoms. The Bertz CT molecular complexity index is 438. The van der Waals surface area contributed by atoms with E-state index in [0.717, 1.165) is 12.8 Å². The SMILES string of the molecule is CC(C)(CF)C(=O)C(CCC1CCCCC1)n1cncn1. The van der Waals surface area contributed by atoms with Crippen LogP contribution in [0.15, 0.2) is 12.7 Å². The number of Topliss-reactive ketones (excluding diaryl/α,β-unsaturated/α-hetero) is 1. The average Bonchev–Trinajstić information content (AvgIpc) is 3.02. The Morgan fingerprint density at radius 2 is 2.10 bits per heavy atom. The van der Waals surface area contributed by atoms with E-state index in [1.54, 1.807) is 24.9 Å². The number of carbonyl (C=O) groups is 1. The van der Waals surface area contributed by atoms with E-state index in [1.165, 1.54) is 38.4 Å². The quantitative estimate of drug-likeness (QED) is 0.769. The molecule has 0 N–H and O–H groups in total. The number of alkyl halides is 1. The third-order valence-electron chi connectivity index (χ3n) is 4.63. The van der Waals surface area contributed by atoms with Crippen LogP contribution >= 0.6 is 0 Å². The number of aromatic nitrogens is 3. The summed E-state index contributed by atoms with van der Waals surface area (Å²) >= 11 is 0. The van der Waals surface area contributed by atoms with Crippen LogP contribution in [0, 0.1) is 11.3 Å². The topological polar surface area (TPSA) is 47.8 Å². The lowest BCUT2D eigenvalue weighted by Crippen LogP contribution is -2.35. The zero-order chi connectivity index (χ0) is 15.3. The van der Waals surface area contributed by atoms with Crippen LogP contribution in [0.2, 0.25) is 0 Å². The van der Waals surface area contributed by atoms with Crippen LogP contribution in [0.25, 0.3) is 0 Å². The summed E-state index contributed by atoms with van der Waals surface area (Å²) in [5, 5.41) is 4.11. The number of carbonyl (C=O) groups excluding carboxylic acids is 1. The molecule has 0 aliphatic heterocycles. The molecule has 4 nitrogen and oxygen atoms in total. The fraction of sp³-hybridized carbons (Fsp3) is 0.812. The minimum Gasteiger partial charge on any atom is -0.297 e. The maximum absolute atomic E-state index is 13.2. The Morgan fingerprint density at radius 1 is 1.38 bits per heavy atom. The van der Waals surface area contributed by atoms with E-state index in [0.29, 0.717) is 5.92 Å². The van der Waals surface area contributed by atoms with Gasteiger partial charge in [-0.2, -0.15) is 5.10 Å². The maximum atomic E-state index is 13.2. The number of ketones is 1. The molecular formula is C16H26FN3O. The van der Waals surface area contributed by atoms with Gasteiger partial charge < -0.3 is 0 Å². The predicted molar refractivity (Wildman–Crippen MR) is 79.6 cm³/mol. The Balaban J connectivity index is 2.04. The lowest BCUT2D eigenvalue weighted by atomic mass is 9.81. The number of hydrogen-bond acceptors (Lipinski definition) is 3. The summed E-state index contributed by atoms with van der Waals surface area (Å²) < 4.78 is 14.8. The van der Waals surface area contributed by atoms with Crippen molar-refractivity contribution >= 4 is 5.78 Å². The molecular weight excluding hydrogens is 269 g/mol. The molecule has 21 heavy (non-hydrogen) atoms. The second-order valence-electron chi connectivity index (χ2n) is 6.85. The fourth-order valence-electron chi connectivity index (χ4n) is 3.15. The van der Waals surface area contributed by atoms with E-state index in [1.807, 2.05) is 0 Å². The molecule has 0 aromatic carbocycles. The van der Waals surface area contributed by atoms with E-state index >= 15 is 0 Å². The van der Waals surface area contributed by atoms with Crippen molar-refractivity contribution in [1.29, 1.82) is 0 Å². The molecule has 1 aromatic heterocycles. The number of halogens is 1. The van der Waals surface area contributed by atoms with Crippen LogP contribution in [-0.2, 0) is 4.79 Å². The molecule has 2 rings (SSSR count). The summed E-state index contributed by atoms with van der Waals surface area (Å²) in [6.07, 6.45) is 11.2. The van der Waals surface area contributed by atoms with Gasteiger partial charge >= 0.3 is 0 Å². The van der Waals surface area contributed by atoms with E-state index in [-0.39, 0.29) is 11.8 Å². The molecule has 0 saturated heterocycles. The molecule has 118 valence electrons. The molecule has 1 atom stereocenters. The zero-order valence-corrected chi connectivity index (χ0v) is 13.1. The van der Waals surface area contributed by atoms with Crippen molar-refractivity contribution < 1.29 is 9.18 Å². The molecule has 5 heteroatoms. The van der Waals surface area contributed by atoms with Gasteiger partial charge in [-0.15, -0.1) is 0 Å². The summed E-state index contributed by atoms with van der Waals surface area (Å²) in [4.78, 5) is 16.6. The van der Waals surface area contributed by atoms with Crippen LogP contribution in [0.1, 0.15) is 64.8 Å². The zero-order valence-electron chi connectivity index (χ0n) is 13.1. The highest BCUT2D eigenvalue weighted by Gasteiger charge is 2.35. The molecule has 1 aliphatic rings. The van der Waals surface area contributed by atoms with E-state index < -0.39 is 12.1 Å². The Hall–Kier alpha value is -1.26. The van der Waals surface area contributed by atoms with Gasteiger partial charge in [-0.25, -0.2) is 9.67 Å². The first-order valence-electron chi connectivity index (χ1n) is 7.99. The van der Waals surface area contributed by atoms with Gasteiger partial charge in [0.05, 0.1) is 5.41 Å². The highest BCUT2D eigenvalue weighted by atomic mass is 19.1. The maximum Gasteiger partial charge on any atom is 0.165 e. The van der Waals surface area contributed by atoms with Gasteiger partial charge in [-0.3, -0.25) is 9.18 Å². The summed E-state index contributed by atoms with van der Waals surface area (Å²) in [7, 11) is 0. The molecule has 1 aliphatic carbocycles. The minimum atomic E-state index is -0.955. The van der Waals surface area contributed by atoms with E-state index in [2.05, 4.69) is 10.1 Å². The second kappa shape index (κ2) is 7.14. The van der Waals surface area contributed by atoms with Crippen molar-refractivity contribution in [1.82, 2.24) is 14.8 Å². The lowest BCUT2D eigenvalue weighted by molar-refractivity contribution is -0.132. The summed E-state index contributed by atoms with van der Waals surface area (Å²) in [6.45, 7) is 2.69. The molecule has 1 heterocycles. The van der Waals surface area contributed by atoms with Crippen LogP contribution < -0.4 is 0 Å². The van der Waals surface area contributed by atoms with Gasteiger partial charge in [-0.1, -0.05) is 46.0 Å². The van der Waals surface area contributed by atoms with Gasteiger partial charge in [0.25, 0.3) is 0 Å². The van der Waals surface area contributed by atoms with Gasteiger partial charge in [0.1, 0.15) is 25.4 Å². The Morgan fingerprint density at radius 3 is 2.67 bits per heavy atom. The van der Waals surface area contributed by atoms with Crippen molar-refractivity contribution in [2.75, 3.05) is 6.67 Å². The molecule has 1 unspecified atom stereocenters. The Kier molecular flexibility index (Phi) is 5.48. The Labute approximate surface area is 126 Å². The fourth-order valence-corrected chi connectivity index (χ4v) is 3.15. The summed E-state index contributed by atoms with van der Waals surface area (Å²) in [6, 6.07) is -0.389. The van der Waals surface area contributed by atoms with Gasteiger partial charge in [0, 0.05) is 0 Å². The third-order valence-corrected chi connectivity index (χ3v) is 4.63. The van der Waals surface area contributed by atoms with Gasteiger partial charge in [0.2, 0.25) is 0 Å². The smallest absolute Gasteiger partial charge is 0.165 e. The van der Waals surface area contributed by atoms with Crippen LogP contribution in [0.4, 0.5) is 4.39 Å². The van der Waals surface area contributed by atoms with Crippen LogP contribution in [0.5, 0.6) is 0 Å². The van der Waals surface area contributed by atoms with Crippen molar-refractivity contribution in [3.8, 4) is 0 Å². The number of nitrogens with zero attached hydrogens (tertiary/aromatic N) is 3. The molecule has 1 aromatic rings. The molecule has 1 saturated carbocycles. The first kappa shape index (κ1) is 16.1. The van der Waals surface area contributed by atoms with Gasteiger partial charge in [0.15, 0.2) is 5.78 Å². The second-order valence-corrected chi connectivity index (χ2v) is 6.85. The normalized spacial score (nSPS) is 18.6. The minimum absolute atomic E-state index is 0.0775. The molecule has 1 fully saturated rings. The van der Waals surface area contributed by atoms with E-state index in [4.69, 9.17) is 0 Å². The van der Waals surface area contributed by atoms with Crippen molar-refractivity contribution in [3.05, 3.63) is 12.7 Å².